The van der Waals surface area contributed by atoms with Gasteiger partial charge in [-0.05, 0) is 0 Å². The van der Waals surface area contributed by atoms with Gasteiger partial charge in [-0.25, -0.2) is 0 Å². The van der Waals surface area contributed by atoms with Gasteiger partial charge in [0, 0.05) is 0 Å². The van der Waals surface area contributed by atoms with E-state index in [1.165, 1.54) is 0 Å². The maximum Gasteiger partial charge on any atom is -0.278 e. The van der Waals surface area contributed by atoms with E-state index in [1.807, 2.05) is 0 Å². The fourth-order valence-corrected chi connectivity index (χ4v) is 1.04. The standard InChI is InChI=1S/3C2H2F3O.BO3.3Mg/c3*3-2(4,5)1-6;2-1(3)4;;;/h3*1H2;;;;/q3*-1;-3;3*+2. The van der Waals surface area contributed by atoms with Crippen LogP contribution in [0.3, 0.4) is 0 Å². The SMILES string of the molecule is FC(F)(F)C[O][Mg+].FC(F)(F)C[O][Mg+].FC(F)(F)C[O][Mg+].[O-]B([O-])[O-]. The van der Waals surface area contributed by atoms with E-state index in [0.717, 1.165) is 66.3 Å². The molecular formula is C6H6BF9Mg3O6. The van der Waals surface area contributed by atoms with E-state index in [1.54, 1.807) is 0 Å². The van der Waals surface area contributed by atoms with Crippen LogP contribution in [-0.4, -0.2) is 112 Å². The molecule has 0 unspecified atom stereocenters. The fourth-order valence-electron chi connectivity index (χ4n) is 0.347. The Morgan fingerprint density at radius 2 is 0.680 bits per heavy atom. The van der Waals surface area contributed by atoms with Gasteiger partial charge in [-0.1, -0.05) is 0 Å². The van der Waals surface area contributed by atoms with Crippen LogP contribution in [-0.2, 0) is 9.51 Å². The number of halogens is 9. The smallest absolute Gasteiger partial charge is 0.278 e. The summed E-state index contributed by atoms with van der Waals surface area (Å²) >= 11 is 2.51. The Labute approximate surface area is 175 Å². The third kappa shape index (κ3) is 77.3. The van der Waals surface area contributed by atoms with Gasteiger partial charge in [-0.15, -0.1) is 0 Å². The largest absolute Gasteiger partial charge is 0.907 e. The van der Waals surface area contributed by atoms with E-state index in [-0.39, 0.29) is 0 Å². The molecule has 138 valence electrons. The molecule has 0 saturated heterocycles. The zero-order valence-corrected chi connectivity index (χ0v) is 16.4. The minimum atomic E-state index is -4.16. The van der Waals surface area contributed by atoms with Crippen LogP contribution in [0.5, 0.6) is 0 Å². The van der Waals surface area contributed by atoms with Gasteiger partial charge in [-0.3, -0.25) is 7.32 Å². The third-order valence-corrected chi connectivity index (χ3v) is 1.41. The summed E-state index contributed by atoms with van der Waals surface area (Å²) in [6.45, 7) is -3.44. The molecule has 0 aromatic carbocycles. The van der Waals surface area contributed by atoms with Crippen molar-refractivity contribution in [3.63, 3.8) is 0 Å². The van der Waals surface area contributed by atoms with Crippen molar-refractivity contribution in [1.82, 2.24) is 0 Å². The zero-order chi connectivity index (χ0) is 21.3. The van der Waals surface area contributed by atoms with E-state index in [4.69, 9.17) is 15.1 Å². The second-order valence-electron chi connectivity index (χ2n) is 3.18. The molecular weight excluding hydrogens is 423 g/mol. The molecule has 0 aliphatic carbocycles. The molecule has 0 radical (unpaired) electrons. The van der Waals surface area contributed by atoms with Gasteiger partial charge >= 0.3 is 154 Å². The zero-order valence-electron chi connectivity index (χ0n) is 12.2. The van der Waals surface area contributed by atoms with Crippen molar-refractivity contribution in [2.75, 3.05) is 19.8 Å². The van der Waals surface area contributed by atoms with Crippen LogP contribution in [0.25, 0.3) is 0 Å². The molecule has 0 atom stereocenters. The molecule has 0 aliphatic rings. The van der Waals surface area contributed by atoms with Crippen LogP contribution in [0, 0.1) is 0 Å². The van der Waals surface area contributed by atoms with Crippen molar-refractivity contribution in [3.05, 3.63) is 0 Å². The monoisotopic (exact) mass is 428 g/mol. The Balaban J connectivity index is -0.000000120. The van der Waals surface area contributed by atoms with Crippen LogP contribution in [0.4, 0.5) is 39.5 Å². The van der Waals surface area contributed by atoms with Crippen molar-refractivity contribution < 1.29 is 64.1 Å². The Morgan fingerprint density at radius 1 is 0.560 bits per heavy atom. The molecule has 0 aliphatic heterocycles. The predicted octanol–water partition coefficient (Wildman–Crippen LogP) is -2.00. The molecule has 0 amide bonds. The normalized spacial score (nSPS) is 11.3. The van der Waals surface area contributed by atoms with Crippen LogP contribution >= 0.6 is 0 Å². The van der Waals surface area contributed by atoms with Crippen LogP contribution < -0.4 is 15.1 Å². The molecule has 25 heavy (non-hydrogen) atoms. The van der Waals surface area contributed by atoms with E-state index in [0.29, 0.717) is 0 Å². The van der Waals surface area contributed by atoms with Gasteiger partial charge in [0.05, 0.1) is 0 Å². The van der Waals surface area contributed by atoms with Gasteiger partial charge in [0.25, 0.3) is 0 Å². The summed E-state index contributed by atoms with van der Waals surface area (Å²) in [5.41, 5.74) is 0. The van der Waals surface area contributed by atoms with Gasteiger partial charge in [-0.2, -0.15) is 0 Å². The minimum Gasteiger partial charge on any atom is -0.907 e. The van der Waals surface area contributed by atoms with E-state index < -0.39 is 45.7 Å². The van der Waals surface area contributed by atoms with E-state index in [2.05, 4.69) is 9.51 Å². The topological polar surface area (TPSA) is 96.9 Å². The minimum absolute atomic E-state index is 0.836. The van der Waals surface area contributed by atoms with Gasteiger partial charge in [0.1, 0.15) is 0 Å². The maximum atomic E-state index is 10.9. The molecule has 0 spiro atoms. The third-order valence-electron chi connectivity index (χ3n) is 0.797. The van der Waals surface area contributed by atoms with Crippen molar-refractivity contribution in [3.8, 4) is 0 Å². The molecule has 6 nitrogen and oxygen atoms in total. The second-order valence-corrected chi connectivity index (χ2v) is 4.40. The second kappa shape index (κ2) is 18.8. The Hall–Kier alpha value is 1.49. The predicted molar refractivity (Wildman–Crippen MR) is 59.0 cm³/mol. The molecule has 0 aromatic rings. The van der Waals surface area contributed by atoms with Crippen molar-refractivity contribution in [1.29, 1.82) is 0 Å². The maximum absolute atomic E-state index is 10.9. The molecule has 0 aromatic heterocycles. The quantitative estimate of drug-likeness (QED) is 0.381. The first-order chi connectivity index (χ1) is 10.9. The average molecular weight is 429 g/mol. The molecule has 0 rings (SSSR count). The number of hydrogen-bond donors (Lipinski definition) is 0. The van der Waals surface area contributed by atoms with Crippen LogP contribution in [0.1, 0.15) is 0 Å². The number of rotatable bonds is 3. The van der Waals surface area contributed by atoms with E-state index in [9.17, 15) is 39.5 Å². The molecule has 0 saturated carbocycles. The summed E-state index contributed by atoms with van der Waals surface area (Å²) in [4.78, 5) is 0. The molecule has 0 bridgehead atoms. The summed E-state index contributed by atoms with van der Waals surface area (Å²) in [6.07, 6.45) is -12.5. The van der Waals surface area contributed by atoms with Crippen LogP contribution in [0.2, 0.25) is 0 Å². The Kier molecular flexibility index (Phi) is 25.6. The summed E-state index contributed by atoms with van der Waals surface area (Å²) in [7, 11) is -2.92. The molecule has 0 fully saturated rings. The first kappa shape index (κ1) is 34.0. The number of hydrogen-bond acceptors (Lipinski definition) is 6. The summed E-state index contributed by atoms with van der Waals surface area (Å²) in [5, 5.41) is 25.2. The average Bonchev–Trinajstić information content (AvgIpc) is 2.24. The van der Waals surface area contributed by atoms with Gasteiger partial charge in [0.15, 0.2) is 0 Å². The van der Waals surface area contributed by atoms with Crippen molar-refractivity contribution >= 4 is 73.7 Å². The fraction of sp³-hybridized carbons (Fsp3) is 1.00. The summed E-state index contributed by atoms with van der Waals surface area (Å²) < 4.78 is 110. The Bertz CT molecular complexity index is 237. The molecule has 19 heteroatoms. The van der Waals surface area contributed by atoms with Gasteiger partial charge < -0.3 is 15.1 Å². The van der Waals surface area contributed by atoms with Crippen LogP contribution in [0.15, 0.2) is 0 Å². The summed E-state index contributed by atoms with van der Waals surface area (Å²) in [6, 6.07) is 0. The van der Waals surface area contributed by atoms with Gasteiger partial charge in [0.2, 0.25) is 0 Å². The Morgan fingerprint density at radius 3 is 0.680 bits per heavy atom. The molecule has 0 N–H and O–H groups in total. The first-order valence-corrected chi connectivity index (χ1v) is 6.93. The molecule has 0 heterocycles. The van der Waals surface area contributed by atoms with Crippen molar-refractivity contribution in [2.24, 2.45) is 0 Å². The van der Waals surface area contributed by atoms with Crippen molar-refractivity contribution in [2.45, 2.75) is 18.5 Å². The number of alkyl halides is 9. The van der Waals surface area contributed by atoms with E-state index >= 15 is 0 Å². The summed E-state index contributed by atoms with van der Waals surface area (Å²) in [5.74, 6) is 0. The first-order valence-electron chi connectivity index (χ1n) is 5.20.